The Morgan fingerprint density at radius 3 is 2.23 bits per heavy atom. The van der Waals surface area contributed by atoms with E-state index < -0.39 is 29.9 Å². The van der Waals surface area contributed by atoms with E-state index in [0.717, 1.165) is 22.6 Å². The van der Waals surface area contributed by atoms with E-state index in [2.05, 4.69) is 24.4 Å². The molecular weight excluding hydrogens is 384 g/mol. The Morgan fingerprint density at radius 2 is 1.73 bits per heavy atom. The van der Waals surface area contributed by atoms with Gasteiger partial charge in [0, 0.05) is 0 Å². The Hall–Kier alpha value is -3.35. The molecule has 1 aliphatic rings. The number of benzene rings is 2. The predicted molar refractivity (Wildman–Crippen MR) is 113 cm³/mol. The van der Waals surface area contributed by atoms with Crippen molar-refractivity contribution in [3.8, 4) is 5.75 Å². The molecule has 7 heteroatoms. The third-order valence-corrected chi connectivity index (χ3v) is 5.06. The molecule has 0 radical (unpaired) electrons. The lowest BCUT2D eigenvalue weighted by atomic mass is 9.89. The zero-order valence-corrected chi connectivity index (χ0v) is 17.7. The summed E-state index contributed by atoms with van der Waals surface area (Å²) in [6, 6.07) is 15.3. The van der Waals surface area contributed by atoms with E-state index in [0.29, 0.717) is 0 Å². The lowest BCUT2D eigenvalue weighted by molar-refractivity contribution is -0.164. The summed E-state index contributed by atoms with van der Waals surface area (Å²) in [5, 5.41) is 11.7. The van der Waals surface area contributed by atoms with Crippen molar-refractivity contribution in [1.82, 2.24) is 10.2 Å². The van der Waals surface area contributed by atoms with Crippen LogP contribution < -0.4 is 10.1 Å². The minimum atomic E-state index is -1.17. The second-order valence-corrected chi connectivity index (χ2v) is 7.06. The number of nitrogens with zero attached hydrogens (tertiary/aromatic N) is 1. The lowest BCUT2D eigenvalue weighted by Gasteiger charge is -2.41. The highest BCUT2D eigenvalue weighted by Gasteiger charge is 2.52. The quantitative estimate of drug-likeness (QED) is 0.731. The van der Waals surface area contributed by atoms with Gasteiger partial charge >= 0.3 is 12.0 Å². The molecule has 0 spiro atoms. The summed E-state index contributed by atoms with van der Waals surface area (Å²) in [6.45, 7) is 5.42. The molecule has 0 aliphatic carbocycles. The number of aryl methyl sites for hydroxylation is 1. The van der Waals surface area contributed by atoms with Crippen molar-refractivity contribution >= 4 is 17.9 Å². The van der Waals surface area contributed by atoms with E-state index in [1.54, 1.807) is 14.0 Å². The number of hydrogen-bond donors (Lipinski definition) is 2. The van der Waals surface area contributed by atoms with Crippen LogP contribution in [0, 0.1) is 5.92 Å². The number of likely N-dealkylation sites (tertiary alicyclic amines) is 1. The normalized spacial score (nSPS) is 18.4. The number of ether oxygens (including phenoxy) is 1. The highest BCUT2D eigenvalue weighted by Crippen LogP contribution is 2.27. The average Bonchev–Trinajstić information content (AvgIpc) is 2.77. The number of β-lactam (4-membered cyclic amide) rings is 1. The zero-order valence-electron chi connectivity index (χ0n) is 17.7. The van der Waals surface area contributed by atoms with E-state index in [9.17, 15) is 14.4 Å². The maximum Gasteiger partial charge on any atom is 0.327 e. The molecule has 2 aromatic carbocycles. The Labute approximate surface area is 176 Å². The van der Waals surface area contributed by atoms with E-state index in [1.807, 2.05) is 42.5 Å². The van der Waals surface area contributed by atoms with Crippen LogP contribution in [0.15, 0.2) is 54.6 Å². The minimum absolute atomic E-state index is 0.304. The molecule has 7 nitrogen and oxygen atoms in total. The van der Waals surface area contributed by atoms with E-state index in [-0.39, 0.29) is 6.04 Å². The van der Waals surface area contributed by atoms with Crippen LogP contribution in [0.25, 0.3) is 0 Å². The smallest absolute Gasteiger partial charge is 0.327 e. The van der Waals surface area contributed by atoms with Crippen LogP contribution in [0.5, 0.6) is 5.75 Å². The first-order valence-electron chi connectivity index (χ1n) is 9.84. The molecule has 160 valence electrons. The summed E-state index contributed by atoms with van der Waals surface area (Å²) in [6.07, 6.45) is 1.09. The van der Waals surface area contributed by atoms with Crippen molar-refractivity contribution in [2.45, 2.75) is 39.3 Å². The van der Waals surface area contributed by atoms with E-state index in [4.69, 9.17) is 9.84 Å². The van der Waals surface area contributed by atoms with Crippen molar-refractivity contribution in [2.24, 2.45) is 5.92 Å². The summed E-state index contributed by atoms with van der Waals surface area (Å²) >= 11 is 0. The van der Waals surface area contributed by atoms with Gasteiger partial charge in [0.05, 0.1) is 19.1 Å². The van der Waals surface area contributed by atoms with Crippen LogP contribution >= 0.6 is 0 Å². The first kappa shape index (κ1) is 22.9. The van der Waals surface area contributed by atoms with Gasteiger partial charge in [0.1, 0.15) is 11.8 Å². The molecule has 1 saturated heterocycles. The summed E-state index contributed by atoms with van der Waals surface area (Å²) in [7, 11) is 1.68. The standard InChI is InChI=1S/C14H16N2O4.C9H12O/c1-8-11(13(18)19)16(12(8)17)14(20)15-9(2)10-6-4-3-5-7-10;1-3-8-4-6-9(10-2)7-5-8/h3-9,11H,1-2H3,(H,15,20)(H,18,19);4-7H,3H2,1-2H3. The second-order valence-electron chi connectivity index (χ2n) is 7.06. The molecule has 2 aromatic rings. The van der Waals surface area contributed by atoms with Gasteiger partial charge in [0.15, 0.2) is 0 Å². The van der Waals surface area contributed by atoms with Gasteiger partial charge in [-0.25, -0.2) is 14.5 Å². The number of carboxylic acids is 1. The third kappa shape index (κ3) is 5.37. The van der Waals surface area contributed by atoms with Gasteiger partial charge in [-0.05, 0) is 36.6 Å². The summed E-state index contributed by atoms with van der Waals surface area (Å²) in [4.78, 5) is 35.5. The molecule has 30 heavy (non-hydrogen) atoms. The monoisotopic (exact) mass is 412 g/mol. The van der Waals surface area contributed by atoms with E-state index >= 15 is 0 Å². The SMILES string of the molecule is CC(NC(=O)N1C(=O)C(C)C1C(=O)O)c1ccccc1.CCc1ccc(OC)cc1. The van der Waals surface area contributed by atoms with Gasteiger partial charge < -0.3 is 15.2 Å². The summed E-state index contributed by atoms with van der Waals surface area (Å²) < 4.78 is 5.01. The van der Waals surface area contributed by atoms with Crippen molar-refractivity contribution in [3.63, 3.8) is 0 Å². The molecule has 3 rings (SSSR count). The van der Waals surface area contributed by atoms with Crippen molar-refractivity contribution < 1.29 is 24.2 Å². The molecule has 3 amide bonds. The number of nitrogens with one attached hydrogen (secondary N) is 1. The van der Waals surface area contributed by atoms with Gasteiger partial charge in [-0.2, -0.15) is 0 Å². The number of carboxylic acid groups (broad SMARTS) is 1. The Kier molecular flexibility index (Phi) is 7.98. The summed E-state index contributed by atoms with van der Waals surface area (Å²) in [5.74, 6) is -1.36. The van der Waals surface area contributed by atoms with Gasteiger partial charge in [-0.3, -0.25) is 4.79 Å². The highest BCUT2D eigenvalue weighted by atomic mass is 16.5. The molecule has 1 heterocycles. The van der Waals surface area contributed by atoms with Crippen LogP contribution in [-0.2, 0) is 16.0 Å². The maximum absolute atomic E-state index is 12.0. The van der Waals surface area contributed by atoms with Crippen LogP contribution in [0.3, 0.4) is 0 Å². The van der Waals surface area contributed by atoms with Crippen LogP contribution in [0.1, 0.15) is 37.9 Å². The molecule has 3 atom stereocenters. The fourth-order valence-corrected chi connectivity index (χ4v) is 3.12. The number of hydrogen-bond acceptors (Lipinski definition) is 4. The molecule has 0 aromatic heterocycles. The minimum Gasteiger partial charge on any atom is -0.497 e. The number of imide groups is 1. The van der Waals surface area contributed by atoms with Crippen LogP contribution in [0.2, 0.25) is 0 Å². The topological polar surface area (TPSA) is 95.9 Å². The Balaban J connectivity index is 0.000000269. The Bertz CT molecular complexity index is 844. The first-order chi connectivity index (χ1) is 14.3. The van der Waals surface area contributed by atoms with Gasteiger partial charge in [-0.15, -0.1) is 0 Å². The van der Waals surface area contributed by atoms with Gasteiger partial charge in [0.25, 0.3) is 0 Å². The van der Waals surface area contributed by atoms with Crippen molar-refractivity contribution in [1.29, 1.82) is 0 Å². The zero-order chi connectivity index (χ0) is 22.3. The number of urea groups is 1. The first-order valence-corrected chi connectivity index (χ1v) is 9.84. The molecule has 2 N–H and O–H groups in total. The number of rotatable bonds is 5. The maximum atomic E-state index is 12.0. The fraction of sp³-hybridized carbons (Fsp3) is 0.348. The molecule has 3 unspecified atom stereocenters. The Morgan fingerprint density at radius 1 is 1.13 bits per heavy atom. The van der Waals surface area contributed by atoms with Crippen LogP contribution in [-0.4, -0.2) is 41.1 Å². The fourth-order valence-electron chi connectivity index (χ4n) is 3.12. The molecular formula is C23H28N2O5. The lowest BCUT2D eigenvalue weighted by Crippen LogP contribution is -2.67. The molecule has 0 bridgehead atoms. The van der Waals surface area contributed by atoms with Gasteiger partial charge in [0.2, 0.25) is 5.91 Å². The molecule has 1 aliphatic heterocycles. The van der Waals surface area contributed by atoms with Crippen molar-refractivity contribution in [2.75, 3.05) is 7.11 Å². The summed E-state index contributed by atoms with van der Waals surface area (Å²) in [5.41, 5.74) is 2.23. The second kappa shape index (κ2) is 10.4. The highest BCUT2D eigenvalue weighted by molar-refractivity contribution is 6.07. The number of carbonyl (C=O) groups excluding carboxylic acids is 2. The number of aliphatic carboxylic acids is 1. The predicted octanol–water partition coefficient (Wildman–Crippen LogP) is 3.65. The van der Waals surface area contributed by atoms with Gasteiger partial charge in [-0.1, -0.05) is 56.3 Å². The average molecular weight is 412 g/mol. The van der Waals surface area contributed by atoms with Crippen molar-refractivity contribution in [3.05, 3.63) is 65.7 Å². The molecule has 1 fully saturated rings. The largest absolute Gasteiger partial charge is 0.497 e. The van der Waals surface area contributed by atoms with E-state index in [1.165, 1.54) is 12.5 Å². The number of amides is 3. The van der Waals surface area contributed by atoms with Crippen LogP contribution in [0.4, 0.5) is 4.79 Å². The number of carbonyl (C=O) groups is 3. The number of methoxy groups -OCH3 is 1. The molecule has 0 saturated carbocycles. The third-order valence-electron chi connectivity index (χ3n) is 5.06.